The molecule has 1 amide bonds. The highest BCUT2D eigenvalue weighted by molar-refractivity contribution is 5.75. The number of rotatable bonds is 8. The van der Waals surface area contributed by atoms with E-state index in [1.165, 1.54) is 0 Å². The maximum atomic E-state index is 11.5. The molecule has 1 saturated carbocycles. The molecule has 104 valence electrons. The predicted molar refractivity (Wildman–Crippen MR) is 69.2 cm³/mol. The van der Waals surface area contributed by atoms with Crippen LogP contribution < -0.4 is 0 Å². The minimum atomic E-state index is -0.164. The molecular weight excluding hydrogens is 232 g/mol. The zero-order chi connectivity index (χ0) is 13.5. The van der Waals surface area contributed by atoms with E-state index in [2.05, 4.69) is 4.90 Å². The number of hydrogen-bond donors (Lipinski definition) is 0. The average Bonchev–Trinajstić information content (AvgIpc) is 3.11. The van der Waals surface area contributed by atoms with Crippen molar-refractivity contribution in [3.8, 4) is 0 Å². The van der Waals surface area contributed by atoms with Crippen LogP contribution in [0.15, 0.2) is 0 Å². The van der Waals surface area contributed by atoms with Gasteiger partial charge in [0.05, 0.1) is 13.2 Å². The summed E-state index contributed by atoms with van der Waals surface area (Å²) in [7, 11) is 3.53. The summed E-state index contributed by atoms with van der Waals surface area (Å²) in [6.07, 6.45) is 3.65. The summed E-state index contributed by atoms with van der Waals surface area (Å²) in [5, 5.41) is 0. The fraction of sp³-hybridized carbons (Fsp3) is 0.846. The first-order valence-electron chi connectivity index (χ1n) is 6.64. The van der Waals surface area contributed by atoms with Gasteiger partial charge in [0, 0.05) is 26.6 Å². The van der Waals surface area contributed by atoms with Gasteiger partial charge in [0.2, 0.25) is 5.91 Å². The van der Waals surface area contributed by atoms with Crippen LogP contribution in [0.2, 0.25) is 0 Å². The van der Waals surface area contributed by atoms with Crippen LogP contribution in [-0.4, -0.2) is 61.5 Å². The van der Waals surface area contributed by atoms with Gasteiger partial charge in [0.1, 0.15) is 0 Å². The molecule has 0 aromatic heterocycles. The van der Waals surface area contributed by atoms with Gasteiger partial charge >= 0.3 is 5.97 Å². The molecule has 0 aromatic carbocycles. The molecule has 0 bridgehead atoms. The number of nitrogens with zero attached hydrogens (tertiary/aromatic N) is 2. The van der Waals surface area contributed by atoms with Crippen molar-refractivity contribution < 1.29 is 14.3 Å². The minimum Gasteiger partial charge on any atom is -0.465 e. The van der Waals surface area contributed by atoms with Crippen LogP contribution in [0.5, 0.6) is 0 Å². The number of hydrogen-bond acceptors (Lipinski definition) is 4. The van der Waals surface area contributed by atoms with Crippen molar-refractivity contribution >= 4 is 11.9 Å². The second-order valence-electron chi connectivity index (χ2n) is 4.90. The number of ether oxygens (including phenoxy) is 1. The van der Waals surface area contributed by atoms with Crippen molar-refractivity contribution in [2.24, 2.45) is 0 Å². The Kier molecular flexibility index (Phi) is 6.12. The fourth-order valence-electron chi connectivity index (χ4n) is 1.86. The molecular formula is C13H24N2O3. The van der Waals surface area contributed by atoms with Crippen LogP contribution in [0.25, 0.3) is 0 Å². The van der Waals surface area contributed by atoms with Gasteiger partial charge < -0.3 is 9.64 Å². The Morgan fingerprint density at radius 3 is 2.44 bits per heavy atom. The maximum Gasteiger partial charge on any atom is 0.320 e. The van der Waals surface area contributed by atoms with E-state index in [1.54, 1.807) is 19.0 Å². The van der Waals surface area contributed by atoms with Crippen LogP contribution in [0.1, 0.15) is 32.6 Å². The van der Waals surface area contributed by atoms with E-state index in [0.29, 0.717) is 25.6 Å². The summed E-state index contributed by atoms with van der Waals surface area (Å²) in [4.78, 5) is 26.6. The van der Waals surface area contributed by atoms with Gasteiger partial charge in [-0.2, -0.15) is 0 Å². The first-order chi connectivity index (χ1) is 8.54. The lowest BCUT2D eigenvalue weighted by Gasteiger charge is -2.21. The van der Waals surface area contributed by atoms with E-state index in [9.17, 15) is 9.59 Å². The standard InChI is InChI=1S/C13H24N2O3/c1-4-18-13(17)10-15(11-7-8-11)9-5-6-12(16)14(2)3/h11H,4-10H2,1-3H3. The summed E-state index contributed by atoms with van der Waals surface area (Å²) in [6.45, 7) is 3.39. The minimum absolute atomic E-state index is 0.141. The summed E-state index contributed by atoms with van der Waals surface area (Å²) in [6, 6.07) is 0.517. The van der Waals surface area contributed by atoms with Gasteiger partial charge in [0.15, 0.2) is 0 Å². The second-order valence-corrected chi connectivity index (χ2v) is 4.90. The third kappa shape index (κ3) is 5.49. The Bertz CT molecular complexity index is 288. The number of carbonyl (C=O) groups excluding carboxylic acids is 2. The first kappa shape index (κ1) is 15.0. The van der Waals surface area contributed by atoms with Crippen LogP contribution in [-0.2, 0) is 14.3 Å². The lowest BCUT2D eigenvalue weighted by molar-refractivity contribution is -0.144. The van der Waals surface area contributed by atoms with E-state index in [4.69, 9.17) is 4.74 Å². The molecule has 0 heterocycles. The van der Waals surface area contributed by atoms with Gasteiger partial charge in [-0.1, -0.05) is 0 Å². The molecule has 0 atom stereocenters. The molecule has 1 aliphatic rings. The molecule has 0 aromatic rings. The molecule has 0 radical (unpaired) electrons. The van der Waals surface area contributed by atoms with E-state index in [0.717, 1.165) is 25.8 Å². The number of amides is 1. The van der Waals surface area contributed by atoms with E-state index in [1.807, 2.05) is 6.92 Å². The summed E-state index contributed by atoms with van der Waals surface area (Å²) < 4.78 is 4.96. The zero-order valence-electron chi connectivity index (χ0n) is 11.6. The molecule has 1 aliphatic carbocycles. The predicted octanol–water partition coefficient (Wildman–Crippen LogP) is 0.882. The topological polar surface area (TPSA) is 49.9 Å². The second kappa shape index (κ2) is 7.36. The molecule has 18 heavy (non-hydrogen) atoms. The van der Waals surface area contributed by atoms with Gasteiger partial charge in [-0.05, 0) is 32.7 Å². The van der Waals surface area contributed by atoms with Crippen LogP contribution in [0, 0.1) is 0 Å². The van der Waals surface area contributed by atoms with Crippen LogP contribution >= 0.6 is 0 Å². The third-order valence-corrected chi connectivity index (χ3v) is 3.04. The van der Waals surface area contributed by atoms with Crippen molar-refractivity contribution in [3.05, 3.63) is 0 Å². The van der Waals surface area contributed by atoms with E-state index >= 15 is 0 Å². The number of esters is 1. The molecule has 0 spiro atoms. The Hall–Kier alpha value is -1.10. The Balaban J connectivity index is 2.26. The molecule has 1 rings (SSSR count). The van der Waals surface area contributed by atoms with Crippen molar-refractivity contribution in [2.45, 2.75) is 38.6 Å². The lowest BCUT2D eigenvalue weighted by Crippen LogP contribution is -2.34. The highest BCUT2D eigenvalue weighted by atomic mass is 16.5. The monoisotopic (exact) mass is 256 g/mol. The first-order valence-corrected chi connectivity index (χ1v) is 6.64. The summed E-state index contributed by atoms with van der Waals surface area (Å²) >= 11 is 0. The highest BCUT2D eigenvalue weighted by Gasteiger charge is 2.30. The largest absolute Gasteiger partial charge is 0.465 e. The molecule has 0 aliphatic heterocycles. The molecule has 1 fully saturated rings. The van der Waals surface area contributed by atoms with Crippen molar-refractivity contribution in [3.63, 3.8) is 0 Å². The van der Waals surface area contributed by atoms with Gasteiger partial charge in [-0.3, -0.25) is 14.5 Å². The maximum absolute atomic E-state index is 11.5. The highest BCUT2D eigenvalue weighted by Crippen LogP contribution is 2.26. The van der Waals surface area contributed by atoms with Gasteiger partial charge in [0.25, 0.3) is 0 Å². The van der Waals surface area contributed by atoms with Crippen LogP contribution in [0.3, 0.4) is 0 Å². The molecule has 0 saturated heterocycles. The fourth-order valence-corrected chi connectivity index (χ4v) is 1.86. The van der Waals surface area contributed by atoms with Crippen molar-refractivity contribution in [1.82, 2.24) is 9.80 Å². The Morgan fingerprint density at radius 2 is 1.94 bits per heavy atom. The zero-order valence-corrected chi connectivity index (χ0v) is 11.6. The SMILES string of the molecule is CCOC(=O)CN(CCCC(=O)N(C)C)C1CC1. The molecule has 0 unspecified atom stereocenters. The lowest BCUT2D eigenvalue weighted by atomic mass is 10.2. The van der Waals surface area contributed by atoms with Crippen molar-refractivity contribution in [2.75, 3.05) is 33.8 Å². The molecule has 5 heteroatoms. The average molecular weight is 256 g/mol. The third-order valence-electron chi connectivity index (χ3n) is 3.04. The van der Waals surface area contributed by atoms with E-state index in [-0.39, 0.29) is 11.9 Å². The summed E-state index contributed by atoms with van der Waals surface area (Å²) in [5.41, 5.74) is 0. The van der Waals surface area contributed by atoms with E-state index < -0.39 is 0 Å². The van der Waals surface area contributed by atoms with Gasteiger partial charge in [-0.15, -0.1) is 0 Å². The van der Waals surface area contributed by atoms with Crippen LogP contribution in [0.4, 0.5) is 0 Å². The smallest absolute Gasteiger partial charge is 0.320 e. The number of carbonyl (C=O) groups is 2. The Labute approximate surface area is 109 Å². The quantitative estimate of drug-likeness (QED) is 0.605. The molecule has 5 nitrogen and oxygen atoms in total. The normalized spacial score (nSPS) is 14.7. The van der Waals surface area contributed by atoms with Crippen molar-refractivity contribution in [1.29, 1.82) is 0 Å². The Morgan fingerprint density at radius 1 is 1.28 bits per heavy atom. The van der Waals surface area contributed by atoms with Gasteiger partial charge in [-0.25, -0.2) is 0 Å². The molecule has 0 N–H and O–H groups in total. The summed E-state index contributed by atoms with van der Waals surface area (Å²) in [5.74, 6) is -0.0229.